The molecule has 0 spiro atoms. The summed E-state index contributed by atoms with van der Waals surface area (Å²) in [4.78, 5) is 10.2. The summed E-state index contributed by atoms with van der Waals surface area (Å²) in [5, 5.41) is 10.5. The standard InChI is InChI=1S/C13H13N5S/c1-2-11(19-10(1)8-4-6-17-18-8)13-12-9(3-5-14-13)15-7-16-12/h1-2,4,6-7,13-14H,3,5H2,(H,15,16)(H,17,18). The number of imidazole rings is 1. The van der Waals surface area contributed by atoms with Crippen molar-refractivity contribution in [3.05, 3.63) is 47.0 Å². The van der Waals surface area contributed by atoms with Gasteiger partial charge in [0, 0.05) is 29.7 Å². The first kappa shape index (κ1) is 11.0. The fourth-order valence-electron chi connectivity index (χ4n) is 2.50. The molecule has 0 amide bonds. The number of fused-ring (bicyclic) bond motifs is 1. The molecule has 1 aliphatic rings. The molecule has 3 aromatic rings. The molecular formula is C13H13N5S. The Morgan fingerprint density at radius 1 is 1.26 bits per heavy atom. The number of nitrogens with zero attached hydrogens (tertiary/aromatic N) is 2. The lowest BCUT2D eigenvalue weighted by Crippen LogP contribution is -2.30. The van der Waals surface area contributed by atoms with Crippen LogP contribution in [-0.2, 0) is 6.42 Å². The Labute approximate surface area is 114 Å². The Morgan fingerprint density at radius 2 is 2.26 bits per heavy atom. The zero-order chi connectivity index (χ0) is 12.7. The SMILES string of the molecule is c1cc(-c2ccc(C3NCCc4[nH]cnc43)s2)[nH]n1. The van der Waals surface area contributed by atoms with Gasteiger partial charge in [0.25, 0.3) is 0 Å². The summed E-state index contributed by atoms with van der Waals surface area (Å²) in [7, 11) is 0. The molecular weight excluding hydrogens is 258 g/mol. The molecule has 0 saturated carbocycles. The molecule has 1 unspecified atom stereocenters. The molecule has 3 N–H and O–H groups in total. The molecule has 3 aromatic heterocycles. The van der Waals surface area contributed by atoms with Gasteiger partial charge in [-0.1, -0.05) is 0 Å². The predicted octanol–water partition coefficient (Wildman–Crippen LogP) is 2.10. The number of nitrogens with one attached hydrogen (secondary N) is 3. The van der Waals surface area contributed by atoms with Gasteiger partial charge in [-0.25, -0.2) is 4.98 Å². The third kappa shape index (κ3) is 1.80. The molecule has 19 heavy (non-hydrogen) atoms. The van der Waals surface area contributed by atoms with E-state index in [2.05, 4.69) is 37.6 Å². The average molecular weight is 271 g/mol. The molecule has 5 nitrogen and oxygen atoms in total. The Hall–Kier alpha value is -1.92. The third-order valence-electron chi connectivity index (χ3n) is 3.43. The lowest BCUT2D eigenvalue weighted by Gasteiger charge is -2.21. The highest BCUT2D eigenvalue weighted by atomic mass is 32.1. The Bertz CT molecular complexity index is 682. The molecule has 0 bridgehead atoms. The van der Waals surface area contributed by atoms with Crippen molar-refractivity contribution in [2.45, 2.75) is 12.5 Å². The van der Waals surface area contributed by atoms with E-state index in [4.69, 9.17) is 0 Å². The van der Waals surface area contributed by atoms with Crippen LogP contribution in [0.25, 0.3) is 10.6 Å². The molecule has 4 heterocycles. The largest absolute Gasteiger partial charge is 0.348 e. The molecule has 1 atom stereocenters. The van der Waals surface area contributed by atoms with Gasteiger partial charge >= 0.3 is 0 Å². The van der Waals surface area contributed by atoms with E-state index in [0.29, 0.717) is 0 Å². The number of thiophene rings is 1. The van der Waals surface area contributed by atoms with Crippen LogP contribution in [0.1, 0.15) is 22.3 Å². The minimum atomic E-state index is 0.205. The zero-order valence-corrected chi connectivity index (χ0v) is 11.0. The number of rotatable bonds is 2. The average Bonchev–Trinajstić information content (AvgIpc) is 3.18. The highest BCUT2D eigenvalue weighted by Crippen LogP contribution is 2.34. The van der Waals surface area contributed by atoms with Crippen molar-refractivity contribution in [1.82, 2.24) is 25.5 Å². The molecule has 0 saturated heterocycles. The van der Waals surface area contributed by atoms with E-state index >= 15 is 0 Å². The van der Waals surface area contributed by atoms with E-state index in [1.54, 1.807) is 23.9 Å². The second kappa shape index (κ2) is 4.32. The molecule has 96 valence electrons. The first-order valence-electron chi connectivity index (χ1n) is 6.27. The van der Waals surface area contributed by atoms with Crippen LogP contribution in [0, 0.1) is 0 Å². The molecule has 0 aromatic carbocycles. The topological polar surface area (TPSA) is 69.4 Å². The van der Waals surface area contributed by atoms with Crippen molar-refractivity contribution in [2.75, 3.05) is 6.54 Å². The van der Waals surface area contributed by atoms with E-state index in [1.165, 1.54) is 15.4 Å². The van der Waals surface area contributed by atoms with Gasteiger partial charge in [-0.3, -0.25) is 5.10 Å². The quantitative estimate of drug-likeness (QED) is 0.668. The maximum absolute atomic E-state index is 4.46. The molecule has 0 aliphatic carbocycles. The van der Waals surface area contributed by atoms with Gasteiger partial charge in [-0.15, -0.1) is 11.3 Å². The van der Waals surface area contributed by atoms with Crippen LogP contribution in [0.15, 0.2) is 30.7 Å². The van der Waals surface area contributed by atoms with Crippen LogP contribution >= 0.6 is 11.3 Å². The lowest BCUT2D eigenvalue weighted by atomic mass is 10.0. The second-order valence-electron chi connectivity index (χ2n) is 4.58. The summed E-state index contributed by atoms with van der Waals surface area (Å²) in [5.74, 6) is 0. The fourth-order valence-corrected chi connectivity index (χ4v) is 3.56. The van der Waals surface area contributed by atoms with E-state index in [0.717, 1.165) is 24.4 Å². The minimum absolute atomic E-state index is 0.205. The highest BCUT2D eigenvalue weighted by molar-refractivity contribution is 7.15. The minimum Gasteiger partial charge on any atom is -0.348 e. The number of hydrogen-bond donors (Lipinski definition) is 3. The van der Waals surface area contributed by atoms with Crippen molar-refractivity contribution in [3.63, 3.8) is 0 Å². The highest BCUT2D eigenvalue weighted by Gasteiger charge is 2.25. The smallest absolute Gasteiger partial charge is 0.0926 e. The summed E-state index contributed by atoms with van der Waals surface area (Å²) in [5.41, 5.74) is 3.44. The number of aromatic nitrogens is 4. The van der Waals surface area contributed by atoms with Crippen molar-refractivity contribution >= 4 is 11.3 Å². The monoisotopic (exact) mass is 271 g/mol. The number of H-pyrrole nitrogens is 2. The van der Waals surface area contributed by atoms with Gasteiger partial charge < -0.3 is 10.3 Å². The van der Waals surface area contributed by atoms with E-state index < -0.39 is 0 Å². The Morgan fingerprint density at radius 3 is 3.16 bits per heavy atom. The number of aromatic amines is 2. The zero-order valence-electron chi connectivity index (χ0n) is 10.2. The maximum atomic E-state index is 4.46. The molecule has 0 radical (unpaired) electrons. The van der Waals surface area contributed by atoms with Crippen LogP contribution in [-0.4, -0.2) is 26.7 Å². The molecule has 6 heteroatoms. The Balaban J connectivity index is 1.71. The molecule has 1 aliphatic heterocycles. The number of hydrogen-bond acceptors (Lipinski definition) is 4. The van der Waals surface area contributed by atoms with Crippen LogP contribution in [0.5, 0.6) is 0 Å². The third-order valence-corrected chi connectivity index (χ3v) is 4.61. The second-order valence-corrected chi connectivity index (χ2v) is 5.69. The van der Waals surface area contributed by atoms with Crippen LogP contribution in [0.2, 0.25) is 0 Å². The van der Waals surface area contributed by atoms with Crippen molar-refractivity contribution in [1.29, 1.82) is 0 Å². The van der Waals surface area contributed by atoms with Gasteiger partial charge in [0.05, 0.1) is 28.6 Å². The Kier molecular flexibility index (Phi) is 2.49. The summed E-state index contributed by atoms with van der Waals surface area (Å²) < 4.78 is 0. The predicted molar refractivity (Wildman–Crippen MR) is 74.0 cm³/mol. The van der Waals surface area contributed by atoms with Crippen molar-refractivity contribution in [3.8, 4) is 10.6 Å². The maximum Gasteiger partial charge on any atom is 0.0926 e. The van der Waals surface area contributed by atoms with E-state index in [1.807, 2.05) is 6.07 Å². The van der Waals surface area contributed by atoms with Crippen LogP contribution < -0.4 is 5.32 Å². The van der Waals surface area contributed by atoms with Gasteiger partial charge in [0.1, 0.15) is 0 Å². The summed E-state index contributed by atoms with van der Waals surface area (Å²) in [6, 6.07) is 6.50. The normalized spacial score (nSPS) is 18.4. The summed E-state index contributed by atoms with van der Waals surface area (Å²) >= 11 is 1.78. The van der Waals surface area contributed by atoms with Gasteiger partial charge in [0.15, 0.2) is 0 Å². The lowest BCUT2D eigenvalue weighted by molar-refractivity contribution is 0.560. The molecule has 4 rings (SSSR count). The van der Waals surface area contributed by atoms with Gasteiger partial charge in [0.2, 0.25) is 0 Å². The van der Waals surface area contributed by atoms with E-state index in [9.17, 15) is 0 Å². The van der Waals surface area contributed by atoms with E-state index in [-0.39, 0.29) is 6.04 Å². The van der Waals surface area contributed by atoms with Crippen molar-refractivity contribution < 1.29 is 0 Å². The van der Waals surface area contributed by atoms with Crippen LogP contribution in [0.4, 0.5) is 0 Å². The summed E-state index contributed by atoms with van der Waals surface area (Å²) in [6.45, 7) is 0.983. The summed E-state index contributed by atoms with van der Waals surface area (Å²) in [6.07, 6.45) is 4.58. The van der Waals surface area contributed by atoms with Gasteiger partial charge in [-0.05, 0) is 18.2 Å². The fraction of sp³-hybridized carbons (Fsp3) is 0.231. The van der Waals surface area contributed by atoms with Crippen LogP contribution in [0.3, 0.4) is 0 Å². The first-order valence-corrected chi connectivity index (χ1v) is 7.08. The van der Waals surface area contributed by atoms with Gasteiger partial charge in [-0.2, -0.15) is 5.10 Å². The molecule has 0 fully saturated rings. The first-order chi connectivity index (χ1) is 9.42. The van der Waals surface area contributed by atoms with Crippen molar-refractivity contribution in [2.24, 2.45) is 0 Å².